The van der Waals surface area contributed by atoms with Gasteiger partial charge in [-0.2, -0.15) is 0 Å². The van der Waals surface area contributed by atoms with E-state index in [-0.39, 0.29) is 29.8 Å². The monoisotopic (exact) mass is 400 g/mol. The van der Waals surface area contributed by atoms with Gasteiger partial charge in [-0.25, -0.2) is 8.42 Å². The van der Waals surface area contributed by atoms with Crippen molar-refractivity contribution in [2.24, 2.45) is 0 Å². The predicted molar refractivity (Wildman–Crippen MR) is 112 cm³/mol. The SMILES string of the molecule is Cc1ccc(S(=O)(=O)N(CCC(=O)N2CCCCC2C)c2ccccc2)cc1. The summed E-state index contributed by atoms with van der Waals surface area (Å²) in [6.07, 6.45) is 3.34. The lowest BCUT2D eigenvalue weighted by molar-refractivity contribution is -0.134. The molecule has 1 heterocycles. The van der Waals surface area contributed by atoms with E-state index >= 15 is 0 Å². The molecule has 6 heteroatoms. The number of para-hydroxylation sites is 1. The molecule has 0 aromatic heterocycles. The van der Waals surface area contributed by atoms with E-state index in [1.54, 1.807) is 36.4 Å². The Bertz CT molecular complexity index is 895. The molecule has 0 radical (unpaired) electrons. The summed E-state index contributed by atoms with van der Waals surface area (Å²) in [4.78, 5) is 14.9. The molecule has 1 aliphatic heterocycles. The van der Waals surface area contributed by atoms with Crippen LogP contribution < -0.4 is 4.31 Å². The zero-order chi connectivity index (χ0) is 20.1. The number of amides is 1. The highest BCUT2D eigenvalue weighted by atomic mass is 32.2. The fourth-order valence-corrected chi connectivity index (χ4v) is 5.09. The normalized spacial score (nSPS) is 17.4. The van der Waals surface area contributed by atoms with Crippen LogP contribution in [-0.2, 0) is 14.8 Å². The second kappa shape index (κ2) is 8.78. The topological polar surface area (TPSA) is 57.7 Å². The van der Waals surface area contributed by atoms with Crippen LogP contribution in [-0.4, -0.2) is 38.4 Å². The molecule has 0 bridgehead atoms. The number of hydrogen-bond acceptors (Lipinski definition) is 3. The van der Waals surface area contributed by atoms with Gasteiger partial charge >= 0.3 is 0 Å². The van der Waals surface area contributed by atoms with Crippen molar-refractivity contribution in [1.82, 2.24) is 4.90 Å². The van der Waals surface area contributed by atoms with Gasteiger partial charge < -0.3 is 4.90 Å². The molecular formula is C22H28N2O3S. The first-order valence-electron chi connectivity index (χ1n) is 9.83. The quantitative estimate of drug-likeness (QED) is 0.737. The summed E-state index contributed by atoms with van der Waals surface area (Å²) in [5.41, 5.74) is 1.57. The molecule has 1 fully saturated rings. The van der Waals surface area contributed by atoms with E-state index in [4.69, 9.17) is 0 Å². The van der Waals surface area contributed by atoms with Gasteiger partial charge in [-0.3, -0.25) is 9.10 Å². The Hall–Kier alpha value is -2.34. The lowest BCUT2D eigenvalue weighted by atomic mass is 10.0. The second-order valence-electron chi connectivity index (χ2n) is 7.41. The van der Waals surface area contributed by atoms with Crippen LogP contribution >= 0.6 is 0 Å². The van der Waals surface area contributed by atoms with Crippen molar-refractivity contribution in [3.8, 4) is 0 Å². The summed E-state index contributed by atoms with van der Waals surface area (Å²) in [5, 5.41) is 0. The van der Waals surface area contributed by atoms with Crippen molar-refractivity contribution in [3.05, 3.63) is 60.2 Å². The average Bonchev–Trinajstić information content (AvgIpc) is 2.69. The molecule has 150 valence electrons. The number of carbonyl (C=O) groups excluding carboxylic acids is 1. The molecule has 5 nitrogen and oxygen atoms in total. The lowest BCUT2D eigenvalue weighted by Crippen LogP contribution is -2.43. The fraction of sp³-hybridized carbons (Fsp3) is 0.409. The number of sulfonamides is 1. The highest BCUT2D eigenvalue weighted by Crippen LogP contribution is 2.25. The Balaban J connectivity index is 1.84. The van der Waals surface area contributed by atoms with Crippen LogP contribution in [0.25, 0.3) is 0 Å². The van der Waals surface area contributed by atoms with Crippen molar-refractivity contribution in [2.75, 3.05) is 17.4 Å². The molecule has 2 aromatic rings. The Morgan fingerprint density at radius 3 is 2.39 bits per heavy atom. The highest BCUT2D eigenvalue weighted by Gasteiger charge is 2.28. The maximum absolute atomic E-state index is 13.3. The van der Waals surface area contributed by atoms with Crippen molar-refractivity contribution in [2.45, 2.75) is 50.5 Å². The Morgan fingerprint density at radius 1 is 1.07 bits per heavy atom. The molecule has 3 rings (SSSR count). The first-order chi connectivity index (χ1) is 13.4. The maximum atomic E-state index is 13.3. The molecule has 1 unspecified atom stereocenters. The zero-order valence-electron chi connectivity index (χ0n) is 16.5. The van der Waals surface area contributed by atoms with Crippen molar-refractivity contribution in [1.29, 1.82) is 0 Å². The van der Waals surface area contributed by atoms with Gasteiger partial charge in [0.15, 0.2) is 0 Å². The van der Waals surface area contributed by atoms with E-state index in [0.717, 1.165) is 31.4 Å². The summed E-state index contributed by atoms with van der Waals surface area (Å²) >= 11 is 0. The van der Waals surface area contributed by atoms with E-state index in [2.05, 4.69) is 6.92 Å². The number of nitrogens with zero attached hydrogens (tertiary/aromatic N) is 2. The number of carbonyl (C=O) groups is 1. The van der Waals surface area contributed by atoms with Gasteiger partial charge in [-0.15, -0.1) is 0 Å². The second-order valence-corrected chi connectivity index (χ2v) is 9.27. The van der Waals surface area contributed by atoms with Gasteiger partial charge in [0.25, 0.3) is 10.0 Å². The van der Waals surface area contributed by atoms with Crippen LogP contribution in [0.4, 0.5) is 5.69 Å². The molecule has 1 saturated heterocycles. The highest BCUT2D eigenvalue weighted by molar-refractivity contribution is 7.92. The zero-order valence-corrected chi connectivity index (χ0v) is 17.4. The van der Waals surface area contributed by atoms with Crippen LogP contribution in [0.3, 0.4) is 0 Å². The minimum absolute atomic E-state index is 0.0206. The van der Waals surface area contributed by atoms with Crippen LogP contribution in [0, 0.1) is 6.92 Å². The van der Waals surface area contributed by atoms with Crippen LogP contribution in [0.1, 0.15) is 38.2 Å². The van der Waals surface area contributed by atoms with E-state index in [1.165, 1.54) is 4.31 Å². The third-order valence-electron chi connectivity index (χ3n) is 5.31. The summed E-state index contributed by atoms with van der Waals surface area (Å²) in [7, 11) is -3.75. The number of likely N-dealkylation sites (tertiary alicyclic amines) is 1. The van der Waals surface area contributed by atoms with Crippen LogP contribution in [0.2, 0.25) is 0 Å². The standard InChI is InChI=1S/C22H28N2O3S/c1-18-11-13-21(14-12-18)28(26,27)24(20-9-4-3-5-10-20)17-15-22(25)23-16-7-6-8-19(23)2/h3-5,9-14,19H,6-8,15-17H2,1-2H3. The molecule has 2 aromatic carbocycles. The van der Waals surface area contributed by atoms with Gasteiger partial charge in [0.2, 0.25) is 5.91 Å². The number of piperidine rings is 1. The van der Waals surface area contributed by atoms with Gasteiger partial charge in [-0.05, 0) is 57.4 Å². The van der Waals surface area contributed by atoms with Crippen LogP contribution in [0.15, 0.2) is 59.5 Å². The first kappa shape index (κ1) is 20.4. The number of aryl methyl sites for hydroxylation is 1. The molecule has 1 amide bonds. The Kier molecular flexibility index (Phi) is 6.39. The number of benzene rings is 2. The first-order valence-corrected chi connectivity index (χ1v) is 11.3. The smallest absolute Gasteiger partial charge is 0.264 e. The van der Waals surface area contributed by atoms with Gasteiger partial charge in [0.1, 0.15) is 0 Å². The minimum Gasteiger partial charge on any atom is -0.340 e. The average molecular weight is 401 g/mol. The van der Waals surface area contributed by atoms with E-state index in [1.807, 2.05) is 30.0 Å². The van der Waals surface area contributed by atoms with E-state index in [9.17, 15) is 13.2 Å². The maximum Gasteiger partial charge on any atom is 0.264 e. The molecule has 0 saturated carbocycles. The van der Waals surface area contributed by atoms with E-state index in [0.29, 0.717) is 5.69 Å². The molecular weight excluding hydrogens is 372 g/mol. The van der Waals surface area contributed by atoms with Gasteiger partial charge in [0.05, 0.1) is 10.6 Å². The number of rotatable bonds is 6. The molecule has 1 aliphatic rings. The third kappa shape index (κ3) is 4.55. The number of hydrogen-bond donors (Lipinski definition) is 0. The number of anilines is 1. The fourth-order valence-electron chi connectivity index (χ4n) is 3.63. The Morgan fingerprint density at radius 2 is 1.75 bits per heavy atom. The van der Waals surface area contributed by atoms with Gasteiger partial charge in [-0.1, -0.05) is 35.9 Å². The lowest BCUT2D eigenvalue weighted by Gasteiger charge is -2.34. The Labute approximate surface area is 168 Å². The molecule has 1 atom stereocenters. The summed E-state index contributed by atoms with van der Waals surface area (Å²) in [6.45, 7) is 4.87. The summed E-state index contributed by atoms with van der Waals surface area (Å²) in [6, 6.07) is 16.0. The minimum atomic E-state index is -3.75. The van der Waals surface area contributed by atoms with Gasteiger partial charge in [0, 0.05) is 25.6 Å². The summed E-state index contributed by atoms with van der Waals surface area (Å²) < 4.78 is 27.9. The molecule has 0 spiro atoms. The largest absolute Gasteiger partial charge is 0.340 e. The van der Waals surface area contributed by atoms with Crippen LogP contribution in [0.5, 0.6) is 0 Å². The van der Waals surface area contributed by atoms with Crippen molar-refractivity contribution < 1.29 is 13.2 Å². The van der Waals surface area contributed by atoms with Crippen molar-refractivity contribution >= 4 is 21.6 Å². The van der Waals surface area contributed by atoms with Crippen molar-refractivity contribution in [3.63, 3.8) is 0 Å². The molecule has 28 heavy (non-hydrogen) atoms. The molecule has 0 aliphatic carbocycles. The van der Waals surface area contributed by atoms with E-state index < -0.39 is 10.0 Å². The predicted octanol–water partition coefficient (Wildman–Crippen LogP) is 3.98. The molecule has 0 N–H and O–H groups in total. The third-order valence-corrected chi connectivity index (χ3v) is 7.15. The summed E-state index contributed by atoms with van der Waals surface area (Å²) in [5.74, 6) is 0.0206.